The molecule has 4 heteroatoms. The van der Waals surface area contributed by atoms with E-state index in [4.69, 9.17) is 5.73 Å². The molecule has 0 spiro atoms. The Morgan fingerprint density at radius 1 is 1.32 bits per heavy atom. The average molecular weight is 283 g/mol. The lowest BCUT2D eigenvalue weighted by Crippen LogP contribution is -2.49. The molecule has 1 unspecified atom stereocenters. The zero-order valence-corrected chi connectivity index (χ0v) is 12.2. The van der Waals surface area contributed by atoms with Gasteiger partial charge in [-0.2, -0.15) is 0 Å². The van der Waals surface area contributed by atoms with Crippen LogP contribution in [0, 0.1) is 5.92 Å². The molecule has 19 heavy (non-hydrogen) atoms. The quantitative estimate of drug-likeness (QED) is 0.892. The van der Waals surface area contributed by atoms with E-state index in [1.165, 1.54) is 25.7 Å². The van der Waals surface area contributed by atoms with Crippen molar-refractivity contribution < 1.29 is 4.79 Å². The van der Waals surface area contributed by atoms with Crippen molar-refractivity contribution in [1.82, 2.24) is 5.32 Å². The average Bonchev–Trinajstić information content (AvgIpc) is 2.90. The normalized spacial score (nSPS) is 18.4. The van der Waals surface area contributed by atoms with Crippen molar-refractivity contribution in [2.24, 2.45) is 11.7 Å². The summed E-state index contributed by atoms with van der Waals surface area (Å²) in [6.07, 6.45) is 5.04. The predicted molar refractivity (Wildman–Crippen MR) is 80.2 cm³/mol. The maximum absolute atomic E-state index is 12.2. The molecule has 1 aliphatic rings. The number of carbonyl (C=O) groups is 1. The molecule has 1 fully saturated rings. The van der Waals surface area contributed by atoms with Crippen LogP contribution in [-0.2, 0) is 10.3 Å². The molecule has 1 atom stereocenters. The second kappa shape index (κ2) is 6.92. The number of nitrogens with one attached hydrogen (secondary N) is 1. The lowest BCUT2D eigenvalue weighted by Gasteiger charge is -2.25. The van der Waals surface area contributed by atoms with Crippen LogP contribution in [0.2, 0.25) is 0 Å². The fourth-order valence-corrected chi connectivity index (χ4v) is 2.55. The van der Waals surface area contributed by atoms with Crippen molar-refractivity contribution >= 4 is 18.3 Å². The van der Waals surface area contributed by atoms with Crippen LogP contribution in [0.3, 0.4) is 0 Å². The number of amides is 1. The minimum absolute atomic E-state index is 0. The Balaban J connectivity index is 0.00000180. The number of nitrogens with two attached hydrogens (primary N) is 1. The molecule has 1 amide bonds. The highest BCUT2D eigenvalue weighted by molar-refractivity contribution is 5.87. The Morgan fingerprint density at radius 3 is 2.47 bits per heavy atom. The molecular formula is C15H23ClN2O. The third-order valence-electron chi connectivity index (χ3n) is 3.87. The predicted octanol–water partition coefficient (Wildman–Crippen LogP) is 2.59. The van der Waals surface area contributed by atoms with Gasteiger partial charge in [0, 0.05) is 6.54 Å². The van der Waals surface area contributed by atoms with Crippen LogP contribution in [0.1, 0.15) is 38.2 Å². The maximum atomic E-state index is 12.2. The number of benzene rings is 1. The van der Waals surface area contributed by atoms with Crippen LogP contribution in [-0.4, -0.2) is 12.5 Å². The summed E-state index contributed by atoms with van der Waals surface area (Å²) in [6, 6.07) is 9.54. The van der Waals surface area contributed by atoms with E-state index in [-0.39, 0.29) is 18.3 Å². The Bertz CT molecular complexity index is 400. The minimum Gasteiger partial charge on any atom is -0.354 e. The van der Waals surface area contributed by atoms with Gasteiger partial charge in [0.1, 0.15) is 5.54 Å². The molecule has 0 saturated heterocycles. The Kier molecular flexibility index (Phi) is 5.83. The van der Waals surface area contributed by atoms with E-state index in [1.807, 2.05) is 30.3 Å². The summed E-state index contributed by atoms with van der Waals surface area (Å²) in [7, 11) is 0. The van der Waals surface area contributed by atoms with Crippen LogP contribution in [0.25, 0.3) is 0 Å². The summed E-state index contributed by atoms with van der Waals surface area (Å²) in [6.45, 7) is 2.53. The molecule has 1 aliphatic carbocycles. The largest absolute Gasteiger partial charge is 0.354 e. The monoisotopic (exact) mass is 282 g/mol. The van der Waals surface area contributed by atoms with E-state index in [9.17, 15) is 4.79 Å². The second-order valence-electron chi connectivity index (χ2n) is 5.43. The van der Waals surface area contributed by atoms with Crippen molar-refractivity contribution in [3.05, 3.63) is 35.9 Å². The molecule has 106 valence electrons. The van der Waals surface area contributed by atoms with Crippen LogP contribution in [0.4, 0.5) is 0 Å². The van der Waals surface area contributed by atoms with E-state index < -0.39 is 5.54 Å². The number of hydrogen-bond acceptors (Lipinski definition) is 2. The van der Waals surface area contributed by atoms with Gasteiger partial charge in [0.25, 0.3) is 0 Å². The Hall–Kier alpha value is -1.06. The molecule has 2 rings (SSSR count). The molecule has 0 heterocycles. The third kappa shape index (κ3) is 3.95. The van der Waals surface area contributed by atoms with E-state index in [0.29, 0.717) is 5.92 Å². The van der Waals surface area contributed by atoms with E-state index >= 15 is 0 Å². The Labute approximate surface area is 121 Å². The van der Waals surface area contributed by atoms with Crippen molar-refractivity contribution in [1.29, 1.82) is 0 Å². The van der Waals surface area contributed by atoms with E-state index in [2.05, 4.69) is 5.32 Å². The number of carbonyl (C=O) groups excluding carboxylic acids is 1. The molecule has 0 aliphatic heterocycles. The molecule has 1 saturated carbocycles. The summed E-state index contributed by atoms with van der Waals surface area (Å²) >= 11 is 0. The molecule has 1 aromatic carbocycles. The molecule has 3 nitrogen and oxygen atoms in total. The minimum atomic E-state index is -0.945. The first-order valence-electron chi connectivity index (χ1n) is 6.73. The van der Waals surface area contributed by atoms with Gasteiger partial charge in [0.05, 0.1) is 0 Å². The highest BCUT2D eigenvalue weighted by Gasteiger charge is 2.30. The van der Waals surface area contributed by atoms with Crippen molar-refractivity contribution in [2.75, 3.05) is 6.54 Å². The molecular weight excluding hydrogens is 260 g/mol. The lowest BCUT2D eigenvalue weighted by atomic mass is 9.92. The summed E-state index contributed by atoms with van der Waals surface area (Å²) < 4.78 is 0. The second-order valence-corrected chi connectivity index (χ2v) is 5.43. The van der Waals surface area contributed by atoms with E-state index in [1.54, 1.807) is 6.92 Å². The van der Waals surface area contributed by atoms with Gasteiger partial charge in [-0.1, -0.05) is 43.2 Å². The standard InChI is InChI=1S/C15H22N2O.ClH/c1-15(16,13-9-3-2-4-10-13)14(18)17-11-12-7-5-6-8-12;/h2-4,9-10,12H,5-8,11,16H2,1H3,(H,17,18);1H. The molecule has 0 aromatic heterocycles. The molecule has 0 bridgehead atoms. The highest BCUT2D eigenvalue weighted by Crippen LogP contribution is 2.24. The Morgan fingerprint density at radius 2 is 1.89 bits per heavy atom. The van der Waals surface area contributed by atoms with Crippen molar-refractivity contribution in [3.8, 4) is 0 Å². The third-order valence-corrected chi connectivity index (χ3v) is 3.87. The SMILES string of the molecule is CC(N)(C(=O)NCC1CCCC1)c1ccccc1.Cl. The van der Waals surface area contributed by atoms with Gasteiger partial charge in [0.2, 0.25) is 5.91 Å². The summed E-state index contributed by atoms with van der Waals surface area (Å²) in [5.74, 6) is 0.557. The van der Waals surface area contributed by atoms with Crippen molar-refractivity contribution in [2.45, 2.75) is 38.1 Å². The summed E-state index contributed by atoms with van der Waals surface area (Å²) in [4.78, 5) is 12.2. The zero-order chi connectivity index (χ0) is 13.0. The topological polar surface area (TPSA) is 55.1 Å². The lowest BCUT2D eigenvalue weighted by molar-refractivity contribution is -0.126. The molecule has 0 radical (unpaired) electrons. The van der Waals surface area contributed by atoms with Crippen molar-refractivity contribution in [3.63, 3.8) is 0 Å². The zero-order valence-electron chi connectivity index (χ0n) is 11.4. The van der Waals surface area contributed by atoms with Crippen LogP contribution in [0.5, 0.6) is 0 Å². The molecule has 3 N–H and O–H groups in total. The van der Waals surface area contributed by atoms with E-state index in [0.717, 1.165) is 12.1 Å². The first-order valence-corrected chi connectivity index (χ1v) is 6.73. The van der Waals surface area contributed by atoms with Gasteiger partial charge in [-0.05, 0) is 31.2 Å². The van der Waals surface area contributed by atoms with Crippen LogP contribution in [0.15, 0.2) is 30.3 Å². The highest BCUT2D eigenvalue weighted by atomic mass is 35.5. The first-order chi connectivity index (χ1) is 8.60. The number of rotatable bonds is 4. The van der Waals surface area contributed by atoms with Crippen LogP contribution < -0.4 is 11.1 Å². The van der Waals surface area contributed by atoms with Gasteiger partial charge in [-0.25, -0.2) is 0 Å². The first kappa shape index (κ1) is 16.0. The fourth-order valence-electron chi connectivity index (χ4n) is 2.55. The fraction of sp³-hybridized carbons (Fsp3) is 0.533. The summed E-state index contributed by atoms with van der Waals surface area (Å²) in [5.41, 5.74) is 6.07. The summed E-state index contributed by atoms with van der Waals surface area (Å²) in [5, 5.41) is 3.00. The number of halogens is 1. The van der Waals surface area contributed by atoms with Gasteiger partial charge in [0.15, 0.2) is 0 Å². The smallest absolute Gasteiger partial charge is 0.244 e. The number of hydrogen-bond donors (Lipinski definition) is 2. The van der Waals surface area contributed by atoms with Gasteiger partial charge in [-0.3, -0.25) is 4.79 Å². The molecule has 1 aromatic rings. The van der Waals surface area contributed by atoms with Gasteiger partial charge >= 0.3 is 0 Å². The maximum Gasteiger partial charge on any atom is 0.244 e. The van der Waals surface area contributed by atoms with Crippen LogP contribution >= 0.6 is 12.4 Å². The van der Waals surface area contributed by atoms with Gasteiger partial charge < -0.3 is 11.1 Å². The van der Waals surface area contributed by atoms with Gasteiger partial charge in [-0.15, -0.1) is 12.4 Å².